The molecule has 9 nitrogen and oxygen atoms in total. The summed E-state index contributed by atoms with van der Waals surface area (Å²) in [4.78, 5) is 21.5. The van der Waals surface area contributed by atoms with Gasteiger partial charge in [-0.05, 0) is 38.7 Å². The highest BCUT2D eigenvalue weighted by atomic mass is 19.4. The summed E-state index contributed by atoms with van der Waals surface area (Å²) in [6, 6.07) is 6.84. The summed E-state index contributed by atoms with van der Waals surface area (Å²) in [6.45, 7) is 5.90. The van der Waals surface area contributed by atoms with Crippen LogP contribution in [0.4, 0.5) is 23.4 Å². The van der Waals surface area contributed by atoms with Gasteiger partial charge < -0.3 is 9.88 Å². The smallest absolute Gasteiger partial charge is 0.363 e. The van der Waals surface area contributed by atoms with E-state index < -0.39 is 17.8 Å². The van der Waals surface area contributed by atoms with E-state index in [1.54, 1.807) is 44.4 Å². The zero-order valence-electron chi connectivity index (χ0n) is 22.6. The molecule has 1 aliphatic rings. The van der Waals surface area contributed by atoms with Crippen molar-refractivity contribution in [2.24, 2.45) is 0 Å². The lowest BCUT2D eigenvalue weighted by molar-refractivity contribution is -0.140. The van der Waals surface area contributed by atoms with Gasteiger partial charge in [-0.1, -0.05) is 31.2 Å². The average Bonchev–Trinajstić information content (AvgIpc) is 3.56. The number of nitrogens with one attached hydrogen (secondary N) is 1. The standard InChI is InChI=1S/C28H27F4N9/c1-4-19-22(23(17-9-10-17)35-14-34-19)24-38-25(27-37-21(29)13-41(27)39-24)33-11-16-5-7-18(8-6-16)26-36-20(28(30,31)32)12-40(26)15(2)3/h5-8,12-15,17H,4,9-11H2,1-3H3,(H,33,38,39). The van der Waals surface area contributed by atoms with E-state index in [-0.39, 0.29) is 17.5 Å². The Kier molecular flexibility index (Phi) is 6.66. The van der Waals surface area contributed by atoms with Crippen LogP contribution in [-0.4, -0.2) is 39.1 Å². The summed E-state index contributed by atoms with van der Waals surface area (Å²) in [5, 5.41) is 7.77. The fraction of sp³-hybridized carbons (Fsp3) is 0.357. The third-order valence-corrected chi connectivity index (χ3v) is 7.02. The average molecular weight is 566 g/mol. The van der Waals surface area contributed by atoms with Crippen molar-refractivity contribution in [3.63, 3.8) is 0 Å². The molecule has 41 heavy (non-hydrogen) atoms. The molecule has 13 heteroatoms. The number of fused-ring (bicyclic) bond motifs is 1. The molecule has 4 aromatic heterocycles. The van der Waals surface area contributed by atoms with Gasteiger partial charge in [-0.2, -0.15) is 22.5 Å². The second-order valence-electron chi connectivity index (χ2n) is 10.3. The molecule has 0 spiro atoms. The molecule has 0 amide bonds. The van der Waals surface area contributed by atoms with E-state index in [0.29, 0.717) is 36.1 Å². The van der Waals surface area contributed by atoms with Crippen LogP contribution in [0.3, 0.4) is 0 Å². The first-order chi connectivity index (χ1) is 19.6. The van der Waals surface area contributed by atoms with Crippen LogP contribution >= 0.6 is 0 Å². The molecular formula is C28H27F4N9. The van der Waals surface area contributed by atoms with Crippen molar-refractivity contribution >= 4 is 11.5 Å². The minimum absolute atomic E-state index is 0.206. The molecular weight excluding hydrogens is 538 g/mol. The maximum Gasteiger partial charge on any atom is 0.434 e. The molecule has 0 aliphatic heterocycles. The second-order valence-corrected chi connectivity index (χ2v) is 10.3. The Hall–Kier alpha value is -4.42. The van der Waals surface area contributed by atoms with Crippen LogP contribution in [0.5, 0.6) is 0 Å². The molecule has 0 radical (unpaired) electrons. The van der Waals surface area contributed by atoms with Gasteiger partial charge >= 0.3 is 6.18 Å². The summed E-state index contributed by atoms with van der Waals surface area (Å²) in [7, 11) is 0. The fourth-order valence-corrected chi connectivity index (χ4v) is 4.80. The molecule has 0 unspecified atom stereocenters. The van der Waals surface area contributed by atoms with E-state index in [1.165, 1.54) is 15.3 Å². The SMILES string of the molecule is CCc1ncnc(C2CC2)c1-c1nc(NCc2ccc(-c3nc(C(F)(F)F)cn3C(C)C)cc2)c2nc(F)cn2n1. The minimum Gasteiger partial charge on any atom is -0.363 e. The van der Waals surface area contributed by atoms with Gasteiger partial charge in [-0.3, -0.25) is 0 Å². The molecule has 5 aromatic rings. The lowest BCUT2D eigenvalue weighted by Gasteiger charge is -2.13. The molecule has 0 bridgehead atoms. The van der Waals surface area contributed by atoms with Crippen molar-refractivity contribution in [3.05, 3.63) is 71.6 Å². The van der Waals surface area contributed by atoms with Gasteiger partial charge in [0.05, 0.1) is 23.1 Å². The van der Waals surface area contributed by atoms with Gasteiger partial charge in [0.2, 0.25) is 5.95 Å². The van der Waals surface area contributed by atoms with Crippen molar-refractivity contribution in [3.8, 4) is 22.8 Å². The second kappa shape index (κ2) is 10.2. The first kappa shape index (κ1) is 26.8. The third-order valence-electron chi connectivity index (χ3n) is 7.02. The van der Waals surface area contributed by atoms with Crippen LogP contribution in [0.1, 0.15) is 68.2 Å². The van der Waals surface area contributed by atoms with E-state index in [9.17, 15) is 17.6 Å². The van der Waals surface area contributed by atoms with E-state index in [1.807, 2.05) is 6.92 Å². The topological polar surface area (TPSA) is 98.7 Å². The third kappa shape index (κ3) is 5.23. The summed E-state index contributed by atoms with van der Waals surface area (Å²) in [5.74, 6) is 0.592. The largest absolute Gasteiger partial charge is 0.434 e. The Bertz CT molecular complexity index is 1720. The van der Waals surface area contributed by atoms with Crippen LogP contribution in [0.15, 0.2) is 43.0 Å². The number of imidazole rings is 2. The van der Waals surface area contributed by atoms with Crippen molar-refractivity contribution in [2.75, 3.05) is 5.32 Å². The van der Waals surface area contributed by atoms with Crippen LogP contribution in [0.25, 0.3) is 28.4 Å². The highest BCUT2D eigenvalue weighted by molar-refractivity contribution is 5.69. The highest BCUT2D eigenvalue weighted by Gasteiger charge is 2.35. The van der Waals surface area contributed by atoms with E-state index >= 15 is 0 Å². The van der Waals surface area contributed by atoms with Crippen LogP contribution in [0, 0.1) is 5.95 Å². The predicted molar refractivity (Wildman–Crippen MR) is 143 cm³/mol. The van der Waals surface area contributed by atoms with Gasteiger partial charge in [0.1, 0.15) is 12.2 Å². The molecule has 1 aliphatic carbocycles. The minimum atomic E-state index is -4.53. The lowest BCUT2D eigenvalue weighted by Crippen LogP contribution is -2.10. The van der Waals surface area contributed by atoms with Crippen molar-refractivity contribution in [1.29, 1.82) is 0 Å². The number of hydrogen-bond donors (Lipinski definition) is 1. The number of alkyl halides is 3. The van der Waals surface area contributed by atoms with E-state index in [4.69, 9.17) is 4.98 Å². The predicted octanol–water partition coefficient (Wildman–Crippen LogP) is 6.24. The fourth-order valence-electron chi connectivity index (χ4n) is 4.80. The summed E-state index contributed by atoms with van der Waals surface area (Å²) >= 11 is 0. The molecule has 4 heterocycles. The normalized spacial score (nSPS) is 13.9. The van der Waals surface area contributed by atoms with E-state index in [2.05, 4.69) is 30.4 Å². The monoisotopic (exact) mass is 565 g/mol. The number of anilines is 1. The van der Waals surface area contributed by atoms with Gasteiger partial charge in [-0.25, -0.2) is 24.5 Å². The molecule has 6 rings (SSSR count). The lowest BCUT2D eigenvalue weighted by atomic mass is 10.1. The number of halogens is 4. The van der Waals surface area contributed by atoms with Gasteiger partial charge in [-0.15, -0.1) is 5.10 Å². The maximum absolute atomic E-state index is 14.2. The van der Waals surface area contributed by atoms with Crippen LogP contribution in [-0.2, 0) is 19.1 Å². The molecule has 1 fully saturated rings. The number of benzene rings is 1. The van der Waals surface area contributed by atoms with Crippen molar-refractivity contribution in [2.45, 2.75) is 64.7 Å². The number of nitrogens with zero attached hydrogens (tertiary/aromatic N) is 8. The molecule has 1 aromatic carbocycles. The number of aromatic nitrogens is 8. The number of hydrogen-bond acceptors (Lipinski definition) is 7. The molecule has 0 saturated heterocycles. The van der Waals surface area contributed by atoms with Crippen molar-refractivity contribution in [1.82, 2.24) is 39.1 Å². The van der Waals surface area contributed by atoms with Gasteiger partial charge in [0, 0.05) is 30.3 Å². The molecule has 1 N–H and O–H groups in total. The Morgan fingerprint density at radius 2 is 1.78 bits per heavy atom. The molecule has 1 saturated carbocycles. The Labute approximate surface area is 232 Å². The van der Waals surface area contributed by atoms with Crippen molar-refractivity contribution < 1.29 is 17.6 Å². The molecule has 0 atom stereocenters. The highest BCUT2D eigenvalue weighted by Crippen LogP contribution is 2.43. The van der Waals surface area contributed by atoms with Crippen LogP contribution < -0.4 is 5.32 Å². The Balaban J connectivity index is 1.31. The summed E-state index contributed by atoms with van der Waals surface area (Å²) < 4.78 is 57.0. The Morgan fingerprint density at radius 3 is 2.44 bits per heavy atom. The zero-order chi connectivity index (χ0) is 28.9. The van der Waals surface area contributed by atoms with Crippen LogP contribution in [0.2, 0.25) is 0 Å². The summed E-state index contributed by atoms with van der Waals surface area (Å²) in [5.41, 5.74) is 3.16. The first-order valence-corrected chi connectivity index (χ1v) is 13.4. The van der Waals surface area contributed by atoms with E-state index in [0.717, 1.165) is 41.6 Å². The Morgan fingerprint density at radius 1 is 1.02 bits per heavy atom. The quantitative estimate of drug-likeness (QED) is 0.223. The molecule has 212 valence electrons. The van der Waals surface area contributed by atoms with Gasteiger partial charge in [0.15, 0.2) is 23.0 Å². The maximum atomic E-state index is 14.2. The number of rotatable bonds is 8. The van der Waals surface area contributed by atoms with Gasteiger partial charge in [0.25, 0.3) is 0 Å². The number of aryl methyl sites for hydroxylation is 1. The summed E-state index contributed by atoms with van der Waals surface area (Å²) in [6.07, 6.45) is 1.98. The first-order valence-electron chi connectivity index (χ1n) is 13.4. The zero-order valence-corrected chi connectivity index (χ0v) is 22.6.